The van der Waals surface area contributed by atoms with Gasteiger partial charge in [0.2, 0.25) is 0 Å². The second-order valence-electron chi connectivity index (χ2n) is 3.72. The Morgan fingerprint density at radius 2 is 1.92 bits per heavy atom. The maximum absolute atomic E-state index is 5.61. The van der Waals surface area contributed by atoms with Crippen LogP contribution in [0.25, 0.3) is 0 Å². The normalized spacial score (nSPS) is 28.4. The van der Waals surface area contributed by atoms with E-state index in [9.17, 15) is 0 Å². The molecule has 0 aliphatic carbocycles. The molecule has 0 spiro atoms. The molecule has 2 unspecified atom stereocenters. The Bertz CT molecular complexity index is 160. The zero-order chi connectivity index (χ0) is 8.97. The highest BCUT2D eigenvalue weighted by Gasteiger charge is 2.27. The quantitative estimate of drug-likeness (QED) is 0.624. The largest absolute Gasteiger partial charge is 0.497 e. The molecule has 12 heavy (non-hydrogen) atoms. The first-order valence-electron chi connectivity index (χ1n) is 5.11. The van der Waals surface area contributed by atoms with Crippen molar-refractivity contribution in [3.63, 3.8) is 0 Å². The zero-order valence-electron chi connectivity index (χ0n) is 8.47. The second kappa shape index (κ2) is 4.54. The van der Waals surface area contributed by atoms with E-state index in [1.807, 2.05) is 6.26 Å². The molecule has 0 aromatic rings. The van der Waals surface area contributed by atoms with Crippen molar-refractivity contribution in [2.45, 2.75) is 52.6 Å². The van der Waals surface area contributed by atoms with Crippen LogP contribution in [0.5, 0.6) is 0 Å². The molecule has 0 amide bonds. The summed E-state index contributed by atoms with van der Waals surface area (Å²) in [5.41, 5.74) is 1.44. The van der Waals surface area contributed by atoms with Gasteiger partial charge in [-0.1, -0.05) is 26.7 Å². The van der Waals surface area contributed by atoms with Crippen molar-refractivity contribution in [1.82, 2.24) is 0 Å². The molecule has 1 rings (SSSR count). The second-order valence-corrected chi connectivity index (χ2v) is 3.72. The smallest absolute Gasteiger partial charge is 0.104 e. The van der Waals surface area contributed by atoms with E-state index in [-0.39, 0.29) is 0 Å². The molecule has 0 aromatic heterocycles. The maximum atomic E-state index is 5.61. The monoisotopic (exact) mass is 168 g/mol. The summed E-state index contributed by atoms with van der Waals surface area (Å²) >= 11 is 0. The first kappa shape index (κ1) is 9.63. The lowest BCUT2D eigenvalue weighted by Crippen LogP contribution is -2.17. The average Bonchev–Trinajstić information content (AvgIpc) is 2.37. The lowest BCUT2D eigenvalue weighted by molar-refractivity contribution is 0.120. The highest BCUT2D eigenvalue weighted by molar-refractivity contribution is 5.08. The van der Waals surface area contributed by atoms with Crippen LogP contribution in [-0.4, -0.2) is 6.10 Å². The zero-order valence-corrected chi connectivity index (χ0v) is 8.47. The van der Waals surface area contributed by atoms with Crippen LogP contribution in [0.2, 0.25) is 0 Å². The van der Waals surface area contributed by atoms with E-state index in [4.69, 9.17) is 4.74 Å². The summed E-state index contributed by atoms with van der Waals surface area (Å²) in [4.78, 5) is 0. The van der Waals surface area contributed by atoms with E-state index >= 15 is 0 Å². The van der Waals surface area contributed by atoms with Crippen LogP contribution in [0.4, 0.5) is 0 Å². The molecule has 0 bridgehead atoms. The summed E-state index contributed by atoms with van der Waals surface area (Å²) in [5.74, 6) is 0.704. The van der Waals surface area contributed by atoms with Crippen molar-refractivity contribution in [1.29, 1.82) is 0 Å². The van der Waals surface area contributed by atoms with Crippen molar-refractivity contribution < 1.29 is 4.74 Å². The molecule has 2 atom stereocenters. The van der Waals surface area contributed by atoms with Gasteiger partial charge in [0.25, 0.3) is 0 Å². The summed E-state index contributed by atoms with van der Waals surface area (Å²) < 4.78 is 5.61. The lowest BCUT2D eigenvalue weighted by atomic mass is 9.90. The van der Waals surface area contributed by atoms with E-state index in [2.05, 4.69) is 20.8 Å². The fourth-order valence-corrected chi connectivity index (χ4v) is 1.95. The van der Waals surface area contributed by atoms with Crippen molar-refractivity contribution in [2.75, 3.05) is 0 Å². The standard InChI is InChI=1S/C11H20O/c1-4-6-10-9(3)8-12-11(10)7-5-2/h8,10-11H,4-7H2,1-3H3. The van der Waals surface area contributed by atoms with Crippen LogP contribution in [0.1, 0.15) is 46.5 Å². The predicted molar refractivity (Wildman–Crippen MR) is 51.9 cm³/mol. The molecule has 0 saturated heterocycles. The van der Waals surface area contributed by atoms with Gasteiger partial charge in [0, 0.05) is 5.92 Å². The van der Waals surface area contributed by atoms with Gasteiger partial charge in [0.15, 0.2) is 0 Å². The third kappa shape index (κ3) is 2.02. The van der Waals surface area contributed by atoms with Crippen LogP contribution >= 0.6 is 0 Å². The molecule has 1 aliphatic rings. The minimum Gasteiger partial charge on any atom is -0.497 e. The van der Waals surface area contributed by atoms with E-state index < -0.39 is 0 Å². The molecule has 70 valence electrons. The molecular formula is C11H20O. The highest BCUT2D eigenvalue weighted by Crippen LogP contribution is 2.31. The summed E-state index contributed by atoms with van der Waals surface area (Å²) in [7, 11) is 0. The Kier molecular flexibility index (Phi) is 3.64. The van der Waals surface area contributed by atoms with Crippen molar-refractivity contribution in [3.05, 3.63) is 11.8 Å². The van der Waals surface area contributed by atoms with Gasteiger partial charge < -0.3 is 4.74 Å². The van der Waals surface area contributed by atoms with E-state index in [1.54, 1.807) is 0 Å². The lowest BCUT2D eigenvalue weighted by Gasteiger charge is -2.18. The predicted octanol–water partition coefficient (Wildman–Crippen LogP) is 3.51. The average molecular weight is 168 g/mol. The van der Waals surface area contributed by atoms with E-state index in [0.717, 1.165) is 0 Å². The van der Waals surface area contributed by atoms with Gasteiger partial charge in [0.1, 0.15) is 6.10 Å². The summed E-state index contributed by atoms with van der Waals surface area (Å²) in [5, 5.41) is 0. The fourth-order valence-electron chi connectivity index (χ4n) is 1.95. The number of hydrogen-bond acceptors (Lipinski definition) is 1. The van der Waals surface area contributed by atoms with Gasteiger partial charge in [-0.2, -0.15) is 0 Å². The van der Waals surface area contributed by atoms with Crippen LogP contribution in [-0.2, 0) is 4.74 Å². The Balaban J connectivity index is 2.45. The first-order valence-corrected chi connectivity index (χ1v) is 5.11. The summed E-state index contributed by atoms with van der Waals surface area (Å²) in [6.07, 6.45) is 7.42. The van der Waals surface area contributed by atoms with Crippen LogP contribution < -0.4 is 0 Å². The van der Waals surface area contributed by atoms with Gasteiger partial charge >= 0.3 is 0 Å². The summed E-state index contributed by atoms with van der Waals surface area (Å²) in [6.45, 7) is 6.66. The number of ether oxygens (including phenoxy) is 1. The Hall–Kier alpha value is -0.460. The molecular weight excluding hydrogens is 148 g/mol. The van der Waals surface area contributed by atoms with Gasteiger partial charge in [-0.3, -0.25) is 0 Å². The Morgan fingerprint density at radius 3 is 2.50 bits per heavy atom. The van der Waals surface area contributed by atoms with Gasteiger partial charge in [-0.05, 0) is 25.3 Å². The van der Waals surface area contributed by atoms with Gasteiger partial charge in [-0.15, -0.1) is 0 Å². The molecule has 0 radical (unpaired) electrons. The van der Waals surface area contributed by atoms with E-state index in [0.29, 0.717) is 12.0 Å². The van der Waals surface area contributed by atoms with Crippen LogP contribution in [0.15, 0.2) is 11.8 Å². The van der Waals surface area contributed by atoms with E-state index in [1.165, 1.54) is 31.3 Å². The maximum Gasteiger partial charge on any atom is 0.104 e. The number of rotatable bonds is 4. The molecule has 1 nitrogen and oxygen atoms in total. The molecule has 0 saturated carbocycles. The molecule has 1 heteroatoms. The van der Waals surface area contributed by atoms with Gasteiger partial charge in [-0.25, -0.2) is 0 Å². The van der Waals surface area contributed by atoms with Crippen molar-refractivity contribution >= 4 is 0 Å². The minimum atomic E-state index is 0.481. The molecule has 0 N–H and O–H groups in total. The highest BCUT2D eigenvalue weighted by atomic mass is 16.5. The first-order chi connectivity index (χ1) is 5.79. The minimum absolute atomic E-state index is 0.481. The number of hydrogen-bond donors (Lipinski definition) is 0. The Labute approximate surface area is 75.8 Å². The SMILES string of the molecule is CCCC1OC=C(C)C1CCC. The third-order valence-electron chi connectivity index (χ3n) is 2.64. The molecule has 1 heterocycles. The molecule has 1 aliphatic heterocycles. The van der Waals surface area contributed by atoms with Crippen molar-refractivity contribution in [2.24, 2.45) is 5.92 Å². The topological polar surface area (TPSA) is 9.23 Å². The van der Waals surface area contributed by atoms with Gasteiger partial charge in [0.05, 0.1) is 6.26 Å². The fraction of sp³-hybridized carbons (Fsp3) is 0.818. The van der Waals surface area contributed by atoms with Crippen molar-refractivity contribution in [3.8, 4) is 0 Å². The third-order valence-corrected chi connectivity index (χ3v) is 2.64. The molecule has 0 aromatic carbocycles. The summed E-state index contributed by atoms with van der Waals surface area (Å²) in [6, 6.07) is 0. The molecule has 0 fully saturated rings. The van der Waals surface area contributed by atoms with Crippen LogP contribution in [0, 0.1) is 5.92 Å². The Morgan fingerprint density at radius 1 is 1.25 bits per heavy atom. The van der Waals surface area contributed by atoms with Crippen LogP contribution in [0.3, 0.4) is 0 Å².